The molecular formula is C18H33IN4O3. The van der Waals surface area contributed by atoms with E-state index < -0.39 is 0 Å². The molecule has 7 nitrogen and oxygen atoms in total. The molecule has 0 bridgehead atoms. The predicted molar refractivity (Wildman–Crippen MR) is 113 cm³/mol. The highest BCUT2D eigenvalue weighted by molar-refractivity contribution is 14.0. The number of nitrogens with zero attached hydrogens (tertiary/aromatic N) is 3. The van der Waals surface area contributed by atoms with Crippen LogP contribution in [0.15, 0.2) is 4.99 Å². The number of carbonyl (C=O) groups is 2. The maximum absolute atomic E-state index is 11.9. The van der Waals surface area contributed by atoms with Gasteiger partial charge >= 0.3 is 5.97 Å². The number of amides is 1. The predicted octanol–water partition coefficient (Wildman–Crippen LogP) is 1.71. The first-order chi connectivity index (χ1) is 12.0. The van der Waals surface area contributed by atoms with Gasteiger partial charge in [-0.15, -0.1) is 24.0 Å². The summed E-state index contributed by atoms with van der Waals surface area (Å²) < 4.78 is 4.90. The molecular weight excluding hydrogens is 447 g/mol. The van der Waals surface area contributed by atoms with E-state index >= 15 is 0 Å². The lowest BCUT2D eigenvalue weighted by Gasteiger charge is -2.28. The van der Waals surface area contributed by atoms with Crippen molar-refractivity contribution in [2.75, 3.05) is 40.3 Å². The minimum absolute atomic E-state index is 0. The molecule has 2 rings (SSSR count). The van der Waals surface area contributed by atoms with Crippen LogP contribution in [0.1, 0.15) is 39.5 Å². The van der Waals surface area contributed by atoms with Gasteiger partial charge in [0, 0.05) is 45.7 Å². The molecule has 8 heteroatoms. The minimum atomic E-state index is -0.149. The van der Waals surface area contributed by atoms with Gasteiger partial charge in [0.1, 0.15) is 0 Å². The van der Waals surface area contributed by atoms with Gasteiger partial charge in [-0.3, -0.25) is 14.6 Å². The molecule has 0 saturated carbocycles. The average molecular weight is 480 g/mol. The van der Waals surface area contributed by atoms with Crippen LogP contribution in [-0.2, 0) is 14.3 Å². The minimum Gasteiger partial charge on any atom is -0.469 e. The van der Waals surface area contributed by atoms with E-state index in [4.69, 9.17) is 4.74 Å². The van der Waals surface area contributed by atoms with E-state index in [1.807, 2.05) is 4.90 Å². The van der Waals surface area contributed by atoms with Crippen molar-refractivity contribution in [2.45, 2.75) is 45.6 Å². The van der Waals surface area contributed by atoms with Crippen LogP contribution < -0.4 is 5.32 Å². The monoisotopic (exact) mass is 480 g/mol. The van der Waals surface area contributed by atoms with Crippen molar-refractivity contribution < 1.29 is 14.3 Å². The quantitative estimate of drug-likeness (QED) is 0.271. The Balaban J connectivity index is 0.00000338. The largest absolute Gasteiger partial charge is 0.469 e. The summed E-state index contributed by atoms with van der Waals surface area (Å²) in [6.45, 7) is 7.28. The van der Waals surface area contributed by atoms with E-state index in [1.165, 1.54) is 7.11 Å². The number of halogens is 1. The van der Waals surface area contributed by atoms with E-state index in [2.05, 4.69) is 29.1 Å². The second kappa shape index (κ2) is 10.9. The molecule has 0 aromatic carbocycles. The SMILES string of the molecule is CCC(CCNC(=NC)N1CC(C)C(C(=O)OC)C1)N1CCCC1=O.I. The highest BCUT2D eigenvalue weighted by atomic mass is 127. The lowest BCUT2D eigenvalue weighted by Crippen LogP contribution is -2.43. The highest BCUT2D eigenvalue weighted by Gasteiger charge is 2.37. The zero-order valence-electron chi connectivity index (χ0n) is 16.4. The Morgan fingerprint density at radius 1 is 1.42 bits per heavy atom. The van der Waals surface area contributed by atoms with E-state index in [9.17, 15) is 9.59 Å². The molecule has 2 aliphatic rings. The molecule has 150 valence electrons. The number of likely N-dealkylation sites (tertiary alicyclic amines) is 2. The first-order valence-corrected chi connectivity index (χ1v) is 9.34. The Morgan fingerprint density at radius 2 is 2.15 bits per heavy atom. The second-order valence-corrected chi connectivity index (χ2v) is 7.03. The van der Waals surface area contributed by atoms with E-state index in [0.717, 1.165) is 44.9 Å². The summed E-state index contributed by atoms with van der Waals surface area (Å²) in [6.07, 6.45) is 3.54. The summed E-state index contributed by atoms with van der Waals surface area (Å²) in [5.41, 5.74) is 0. The van der Waals surface area contributed by atoms with Crippen LogP contribution >= 0.6 is 24.0 Å². The van der Waals surface area contributed by atoms with Crippen LogP contribution in [0.3, 0.4) is 0 Å². The van der Waals surface area contributed by atoms with Crippen molar-refractivity contribution in [2.24, 2.45) is 16.8 Å². The topological polar surface area (TPSA) is 74.2 Å². The molecule has 0 aromatic rings. The van der Waals surface area contributed by atoms with Gasteiger partial charge in [0.15, 0.2) is 5.96 Å². The van der Waals surface area contributed by atoms with Gasteiger partial charge < -0.3 is 19.9 Å². The van der Waals surface area contributed by atoms with Gasteiger partial charge in [0.2, 0.25) is 5.91 Å². The summed E-state index contributed by atoms with van der Waals surface area (Å²) in [5.74, 6) is 1.10. The number of rotatable bonds is 6. The number of carbonyl (C=O) groups excluding carboxylic acids is 2. The van der Waals surface area contributed by atoms with Gasteiger partial charge in [-0.25, -0.2) is 0 Å². The molecule has 2 heterocycles. The number of hydrogen-bond acceptors (Lipinski definition) is 4. The van der Waals surface area contributed by atoms with Crippen LogP contribution in [0, 0.1) is 11.8 Å². The Bertz CT molecular complexity index is 515. The fourth-order valence-corrected chi connectivity index (χ4v) is 3.92. The first-order valence-electron chi connectivity index (χ1n) is 9.34. The van der Waals surface area contributed by atoms with Crippen LogP contribution in [0.4, 0.5) is 0 Å². The summed E-state index contributed by atoms with van der Waals surface area (Å²) in [4.78, 5) is 32.3. The number of nitrogens with one attached hydrogen (secondary N) is 1. The van der Waals surface area contributed by atoms with Crippen LogP contribution in [0.2, 0.25) is 0 Å². The molecule has 3 unspecified atom stereocenters. The summed E-state index contributed by atoms with van der Waals surface area (Å²) in [5, 5.41) is 3.40. The number of hydrogen-bond donors (Lipinski definition) is 1. The van der Waals surface area contributed by atoms with E-state index in [0.29, 0.717) is 19.0 Å². The van der Waals surface area contributed by atoms with Crippen LogP contribution in [0.25, 0.3) is 0 Å². The van der Waals surface area contributed by atoms with Crippen molar-refractivity contribution in [3.05, 3.63) is 0 Å². The molecule has 0 spiro atoms. The molecule has 2 fully saturated rings. The molecule has 2 aliphatic heterocycles. The van der Waals surface area contributed by atoms with Crippen molar-refractivity contribution in [1.29, 1.82) is 0 Å². The number of esters is 1. The van der Waals surface area contributed by atoms with Gasteiger partial charge in [-0.05, 0) is 25.2 Å². The van der Waals surface area contributed by atoms with E-state index in [-0.39, 0.29) is 47.7 Å². The zero-order chi connectivity index (χ0) is 18.4. The number of methoxy groups -OCH3 is 1. The van der Waals surface area contributed by atoms with Crippen LogP contribution in [0.5, 0.6) is 0 Å². The normalized spacial score (nSPS) is 24.5. The summed E-state index contributed by atoms with van der Waals surface area (Å²) in [6, 6.07) is 0.293. The zero-order valence-corrected chi connectivity index (χ0v) is 18.7. The molecule has 1 amide bonds. The maximum Gasteiger partial charge on any atom is 0.310 e. The third-order valence-corrected chi connectivity index (χ3v) is 5.41. The highest BCUT2D eigenvalue weighted by Crippen LogP contribution is 2.24. The molecule has 26 heavy (non-hydrogen) atoms. The van der Waals surface area contributed by atoms with Crippen molar-refractivity contribution in [3.63, 3.8) is 0 Å². The third kappa shape index (κ3) is 5.47. The molecule has 0 aliphatic carbocycles. The fourth-order valence-electron chi connectivity index (χ4n) is 3.92. The molecule has 0 radical (unpaired) electrons. The number of ether oxygens (including phenoxy) is 1. The fraction of sp³-hybridized carbons (Fsp3) is 0.833. The lowest BCUT2D eigenvalue weighted by molar-refractivity contribution is -0.146. The molecule has 3 atom stereocenters. The smallest absolute Gasteiger partial charge is 0.310 e. The van der Waals surface area contributed by atoms with Crippen molar-refractivity contribution in [1.82, 2.24) is 15.1 Å². The van der Waals surface area contributed by atoms with Crippen LogP contribution in [-0.4, -0.2) is 74.0 Å². The first kappa shape index (κ1) is 23.0. The molecule has 0 aromatic heterocycles. The molecule has 1 N–H and O–H groups in total. The van der Waals surface area contributed by atoms with Gasteiger partial charge in [0.25, 0.3) is 0 Å². The van der Waals surface area contributed by atoms with E-state index in [1.54, 1.807) is 7.05 Å². The Morgan fingerprint density at radius 3 is 2.69 bits per heavy atom. The third-order valence-electron chi connectivity index (χ3n) is 5.41. The summed E-state index contributed by atoms with van der Waals surface area (Å²) >= 11 is 0. The van der Waals surface area contributed by atoms with Crippen molar-refractivity contribution >= 4 is 41.8 Å². The number of guanidine groups is 1. The van der Waals surface area contributed by atoms with Gasteiger partial charge in [-0.1, -0.05) is 13.8 Å². The Kier molecular flexibility index (Phi) is 9.67. The Hall–Kier alpha value is -1.06. The summed E-state index contributed by atoms with van der Waals surface area (Å²) in [7, 11) is 3.20. The van der Waals surface area contributed by atoms with Gasteiger partial charge in [0.05, 0.1) is 13.0 Å². The standard InChI is InChI=1S/C18H32N4O3.HI/c1-5-14(22-10-6-7-16(22)23)8-9-20-18(19-3)21-11-13(2)15(12-21)17(24)25-4;/h13-15H,5-12H2,1-4H3,(H,19,20);1H. The maximum atomic E-state index is 11.9. The average Bonchev–Trinajstić information content (AvgIpc) is 3.20. The molecule has 2 saturated heterocycles. The van der Waals surface area contributed by atoms with Gasteiger partial charge in [-0.2, -0.15) is 0 Å². The Labute approximate surface area is 173 Å². The number of aliphatic imine (C=N–C) groups is 1. The van der Waals surface area contributed by atoms with Crippen molar-refractivity contribution in [3.8, 4) is 0 Å². The lowest BCUT2D eigenvalue weighted by atomic mass is 9.99. The second-order valence-electron chi connectivity index (χ2n) is 7.03.